The van der Waals surface area contributed by atoms with Crippen molar-refractivity contribution in [3.8, 4) is 0 Å². The molecule has 0 aliphatic carbocycles. The molecule has 0 aromatic rings. The third-order valence-corrected chi connectivity index (χ3v) is 2.84. The smallest absolute Gasteiger partial charge is 0.0804 e. The predicted molar refractivity (Wildman–Crippen MR) is 69.9 cm³/mol. The van der Waals surface area contributed by atoms with E-state index in [1.165, 1.54) is 12.0 Å². The fourth-order valence-electron chi connectivity index (χ4n) is 1.81. The van der Waals surface area contributed by atoms with Crippen molar-refractivity contribution in [2.24, 2.45) is 15.9 Å². The first-order valence-electron chi connectivity index (χ1n) is 5.90. The zero-order valence-electron chi connectivity index (χ0n) is 9.98. The van der Waals surface area contributed by atoms with Gasteiger partial charge in [0.1, 0.15) is 0 Å². The standard InChI is InChI=1S/C14H18N2/c1-11-5-3-7-13(15-9-11)14-8-4-6-12(2)10-16-14/h3,5,8-10,12H,4,6-7H2,1-2H3. The monoisotopic (exact) mass is 214 g/mol. The van der Waals surface area contributed by atoms with Gasteiger partial charge in [0.15, 0.2) is 0 Å². The van der Waals surface area contributed by atoms with E-state index in [4.69, 9.17) is 0 Å². The van der Waals surface area contributed by atoms with Crippen molar-refractivity contribution in [1.29, 1.82) is 0 Å². The average molecular weight is 214 g/mol. The van der Waals surface area contributed by atoms with Crippen LogP contribution in [-0.2, 0) is 0 Å². The number of aliphatic imine (C=N–C) groups is 2. The summed E-state index contributed by atoms with van der Waals surface area (Å²) in [6.45, 7) is 4.27. The van der Waals surface area contributed by atoms with Gasteiger partial charge >= 0.3 is 0 Å². The minimum Gasteiger partial charge on any atom is -0.259 e. The van der Waals surface area contributed by atoms with Gasteiger partial charge in [-0.15, -0.1) is 0 Å². The Morgan fingerprint density at radius 2 is 2.25 bits per heavy atom. The first-order chi connectivity index (χ1) is 7.75. The maximum Gasteiger partial charge on any atom is 0.0804 e. The van der Waals surface area contributed by atoms with Gasteiger partial charge in [-0.25, -0.2) is 0 Å². The summed E-state index contributed by atoms with van der Waals surface area (Å²) in [5.74, 6) is 0.577. The van der Waals surface area contributed by atoms with Crippen LogP contribution in [0.3, 0.4) is 0 Å². The van der Waals surface area contributed by atoms with Gasteiger partial charge in [-0.1, -0.05) is 25.2 Å². The summed E-state index contributed by atoms with van der Waals surface area (Å²) < 4.78 is 0. The van der Waals surface area contributed by atoms with E-state index in [0.717, 1.165) is 24.3 Å². The Labute approximate surface area is 97.2 Å². The van der Waals surface area contributed by atoms with E-state index in [2.05, 4.69) is 42.1 Å². The fraction of sp³-hybridized carbons (Fsp3) is 0.429. The molecule has 0 bridgehead atoms. The molecule has 1 atom stereocenters. The summed E-state index contributed by atoms with van der Waals surface area (Å²) >= 11 is 0. The largest absolute Gasteiger partial charge is 0.259 e. The Bertz CT molecular complexity index is 408. The molecule has 0 spiro atoms. The Kier molecular flexibility index (Phi) is 3.50. The Morgan fingerprint density at radius 1 is 1.38 bits per heavy atom. The zero-order chi connectivity index (χ0) is 11.4. The molecule has 0 N–H and O–H groups in total. The summed E-state index contributed by atoms with van der Waals surface area (Å²) in [6.07, 6.45) is 13.6. The molecule has 0 amide bonds. The first kappa shape index (κ1) is 11.1. The molecule has 0 saturated heterocycles. The average Bonchev–Trinajstić information content (AvgIpc) is 2.59. The topological polar surface area (TPSA) is 24.7 Å². The number of rotatable bonds is 1. The number of hydrogen-bond donors (Lipinski definition) is 0. The Morgan fingerprint density at radius 3 is 3.12 bits per heavy atom. The highest BCUT2D eigenvalue weighted by Gasteiger charge is 2.09. The lowest BCUT2D eigenvalue weighted by Gasteiger charge is -2.01. The van der Waals surface area contributed by atoms with Crippen molar-refractivity contribution >= 4 is 11.9 Å². The molecule has 0 saturated carbocycles. The van der Waals surface area contributed by atoms with Crippen LogP contribution >= 0.6 is 0 Å². The SMILES string of the molecule is CC1=CN=C(C2=CCCC(C)C=N2)CC=C1. The lowest BCUT2D eigenvalue weighted by Crippen LogP contribution is -1.99. The summed E-state index contributed by atoms with van der Waals surface area (Å²) in [6, 6.07) is 0. The highest BCUT2D eigenvalue weighted by molar-refractivity contribution is 6.02. The zero-order valence-corrected chi connectivity index (χ0v) is 9.98. The van der Waals surface area contributed by atoms with E-state index < -0.39 is 0 Å². The third kappa shape index (κ3) is 2.78. The van der Waals surface area contributed by atoms with Crippen molar-refractivity contribution in [2.45, 2.75) is 33.1 Å². The van der Waals surface area contributed by atoms with Gasteiger partial charge < -0.3 is 0 Å². The molecule has 84 valence electrons. The van der Waals surface area contributed by atoms with Crippen molar-refractivity contribution in [3.63, 3.8) is 0 Å². The second-order valence-corrected chi connectivity index (χ2v) is 4.48. The summed E-state index contributed by atoms with van der Waals surface area (Å²) in [5.41, 5.74) is 3.33. The molecule has 0 fully saturated rings. The van der Waals surface area contributed by atoms with Crippen LogP contribution in [0.1, 0.15) is 33.1 Å². The van der Waals surface area contributed by atoms with Crippen LogP contribution in [0.4, 0.5) is 0 Å². The third-order valence-electron chi connectivity index (χ3n) is 2.84. The minimum atomic E-state index is 0.577. The maximum absolute atomic E-state index is 4.54. The molecule has 1 unspecified atom stereocenters. The van der Waals surface area contributed by atoms with Crippen LogP contribution < -0.4 is 0 Å². The van der Waals surface area contributed by atoms with Crippen molar-refractivity contribution in [3.05, 3.63) is 35.7 Å². The van der Waals surface area contributed by atoms with Gasteiger partial charge in [0, 0.05) is 18.8 Å². The molecule has 0 aromatic carbocycles. The van der Waals surface area contributed by atoms with Crippen molar-refractivity contribution < 1.29 is 0 Å². The van der Waals surface area contributed by atoms with Gasteiger partial charge in [0.05, 0.1) is 11.4 Å². The predicted octanol–water partition coefficient (Wildman–Crippen LogP) is 3.68. The molecule has 2 aliphatic rings. The highest BCUT2D eigenvalue weighted by Crippen LogP contribution is 2.17. The molecule has 2 heterocycles. The molecule has 2 aliphatic heterocycles. The maximum atomic E-state index is 4.54. The Balaban J connectivity index is 2.22. The van der Waals surface area contributed by atoms with Crippen LogP contribution in [0, 0.1) is 5.92 Å². The van der Waals surface area contributed by atoms with E-state index in [9.17, 15) is 0 Å². The van der Waals surface area contributed by atoms with Gasteiger partial charge in [0.25, 0.3) is 0 Å². The van der Waals surface area contributed by atoms with Crippen LogP contribution in [0.2, 0.25) is 0 Å². The summed E-state index contributed by atoms with van der Waals surface area (Å²) in [5, 5.41) is 0. The van der Waals surface area contributed by atoms with Crippen molar-refractivity contribution in [1.82, 2.24) is 0 Å². The van der Waals surface area contributed by atoms with Gasteiger partial charge in [-0.3, -0.25) is 9.98 Å². The van der Waals surface area contributed by atoms with Gasteiger partial charge in [0.2, 0.25) is 0 Å². The van der Waals surface area contributed by atoms with Crippen molar-refractivity contribution in [2.75, 3.05) is 0 Å². The van der Waals surface area contributed by atoms with Crippen LogP contribution in [-0.4, -0.2) is 11.9 Å². The second-order valence-electron chi connectivity index (χ2n) is 4.48. The highest BCUT2D eigenvalue weighted by atomic mass is 14.8. The summed E-state index contributed by atoms with van der Waals surface area (Å²) in [7, 11) is 0. The second kappa shape index (κ2) is 5.06. The number of nitrogens with zero attached hydrogens (tertiary/aromatic N) is 2. The lowest BCUT2D eigenvalue weighted by molar-refractivity contribution is 0.712. The quantitative estimate of drug-likeness (QED) is 0.636. The Hall–Kier alpha value is -1.44. The molecular weight excluding hydrogens is 196 g/mol. The molecule has 2 rings (SSSR count). The lowest BCUT2D eigenvalue weighted by atomic mass is 10.1. The van der Waals surface area contributed by atoms with E-state index in [-0.39, 0.29) is 0 Å². The normalized spacial score (nSPS) is 25.4. The first-order valence-corrected chi connectivity index (χ1v) is 5.90. The molecule has 2 nitrogen and oxygen atoms in total. The number of allylic oxidation sites excluding steroid dienone is 5. The van der Waals surface area contributed by atoms with E-state index in [1.54, 1.807) is 0 Å². The molecule has 0 aromatic heterocycles. The molecule has 2 heteroatoms. The minimum absolute atomic E-state index is 0.577. The van der Waals surface area contributed by atoms with Gasteiger partial charge in [-0.2, -0.15) is 0 Å². The van der Waals surface area contributed by atoms with Crippen LogP contribution in [0.5, 0.6) is 0 Å². The number of hydrogen-bond acceptors (Lipinski definition) is 2. The summed E-state index contributed by atoms with van der Waals surface area (Å²) in [4.78, 5) is 9.04. The molecular formula is C14H18N2. The molecule has 0 radical (unpaired) electrons. The fourth-order valence-corrected chi connectivity index (χ4v) is 1.81. The van der Waals surface area contributed by atoms with E-state index in [1.807, 2.05) is 12.4 Å². The van der Waals surface area contributed by atoms with Crippen LogP contribution in [0.15, 0.2) is 45.7 Å². The van der Waals surface area contributed by atoms with Gasteiger partial charge in [-0.05, 0) is 31.3 Å². The van der Waals surface area contributed by atoms with E-state index in [0.29, 0.717) is 5.92 Å². The molecule has 16 heavy (non-hydrogen) atoms. The van der Waals surface area contributed by atoms with E-state index >= 15 is 0 Å². The van der Waals surface area contributed by atoms with Crippen LogP contribution in [0.25, 0.3) is 0 Å².